The third-order valence-corrected chi connectivity index (χ3v) is 6.01. The summed E-state index contributed by atoms with van der Waals surface area (Å²) in [5.74, 6) is 0.900. The molecule has 1 unspecified atom stereocenters. The van der Waals surface area contributed by atoms with Crippen molar-refractivity contribution in [2.45, 2.75) is 5.60 Å². The van der Waals surface area contributed by atoms with Crippen molar-refractivity contribution >= 4 is 16.7 Å². The zero-order chi connectivity index (χ0) is 23.0. The Morgan fingerprint density at radius 1 is 0.879 bits per heavy atom. The van der Waals surface area contributed by atoms with E-state index in [1.54, 1.807) is 24.9 Å². The third kappa shape index (κ3) is 3.54. The quantitative estimate of drug-likeness (QED) is 0.444. The minimum atomic E-state index is -1.39. The van der Waals surface area contributed by atoms with E-state index in [4.69, 9.17) is 4.98 Å². The van der Waals surface area contributed by atoms with Crippen LogP contribution in [-0.4, -0.2) is 38.7 Å². The minimum Gasteiger partial charge on any atom is -0.374 e. The maximum absolute atomic E-state index is 12.2. The van der Waals surface area contributed by atoms with E-state index in [0.29, 0.717) is 5.69 Å². The SMILES string of the molecule is CN(C)c1nc2ccc(C(O)(c3ccncc3)c3cncn3C)cc2cc1-c1ccccc1. The molecule has 5 aromatic rings. The second kappa shape index (κ2) is 8.15. The number of rotatable bonds is 5. The highest BCUT2D eigenvalue weighted by Crippen LogP contribution is 2.38. The predicted molar refractivity (Wildman–Crippen MR) is 131 cm³/mol. The maximum Gasteiger partial charge on any atom is 0.157 e. The Kier molecular flexibility index (Phi) is 5.15. The van der Waals surface area contributed by atoms with E-state index in [0.717, 1.165) is 39.0 Å². The molecule has 164 valence electrons. The average Bonchev–Trinajstić information content (AvgIpc) is 3.29. The Morgan fingerprint density at radius 2 is 1.64 bits per heavy atom. The number of aryl methyl sites for hydroxylation is 1. The highest BCUT2D eigenvalue weighted by molar-refractivity contribution is 5.90. The van der Waals surface area contributed by atoms with E-state index < -0.39 is 5.60 Å². The molecule has 0 spiro atoms. The lowest BCUT2D eigenvalue weighted by atomic mass is 9.83. The van der Waals surface area contributed by atoms with Crippen molar-refractivity contribution in [1.82, 2.24) is 19.5 Å². The lowest BCUT2D eigenvalue weighted by Crippen LogP contribution is -2.31. The molecule has 6 nitrogen and oxygen atoms in total. The van der Waals surface area contributed by atoms with Crippen LogP contribution >= 0.6 is 0 Å². The van der Waals surface area contributed by atoms with Crippen molar-refractivity contribution in [3.05, 3.63) is 108 Å². The van der Waals surface area contributed by atoms with Gasteiger partial charge in [0.25, 0.3) is 0 Å². The van der Waals surface area contributed by atoms with Gasteiger partial charge in [-0.05, 0) is 47.0 Å². The van der Waals surface area contributed by atoms with Crippen LogP contribution < -0.4 is 4.90 Å². The van der Waals surface area contributed by atoms with Gasteiger partial charge in [0.1, 0.15) is 5.82 Å². The van der Waals surface area contributed by atoms with Crippen molar-refractivity contribution < 1.29 is 5.11 Å². The van der Waals surface area contributed by atoms with Crippen molar-refractivity contribution in [2.24, 2.45) is 7.05 Å². The molecule has 0 aliphatic rings. The van der Waals surface area contributed by atoms with Crippen LogP contribution in [0.3, 0.4) is 0 Å². The molecule has 2 aromatic carbocycles. The van der Waals surface area contributed by atoms with E-state index in [-0.39, 0.29) is 0 Å². The summed E-state index contributed by atoms with van der Waals surface area (Å²) >= 11 is 0. The van der Waals surface area contributed by atoms with Crippen LogP contribution in [0.2, 0.25) is 0 Å². The molecule has 3 aromatic heterocycles. The predicted octanol–water partition coefficient (Wildman–Crippen LogP) is 4.38. The second-order valence-corrected chi connectivity index (χ2v) is 8.36. The van der Waals surface area contributed by atoms with Gasteiger partial charge in [-0.25, -0.2) is 9.97 Å². The summed E-state index contributed by atoms with van der Waals surface area (Å²) in [5, 5.41) is 13.1. The van der Waals surface area contributed by atoms with Crippen molar-refractivity contribution in [1.29, 1.82) is 0 Å². The molecular weight excluding hydrogens is 410 g/mol. The fourth-order valence-electron chi connectivity index (χ4n) is 4.32. The summed E-state index contributed by atoms with van der Waals surface area (Å²) in [6.07, 6.45) is 6.78. The van der Waals surface area contributed by atoms with Gasteiger partial charge >= 0.3 is 0 Å². The number of anilines is 1. The molecule has 0 aliphatic carbocycles. The highest BCUT2D eigenvalue weighted by Gasteiger charge is 2.36. The molecular formula is C27H25N5O. The summed E-state index contributed by atoms with van der Waals surface area (Å²) in [6.45, 7) is 0. The molecule has 0 fully saturated rings. The Labute approximate surface area is 192 Å². The first-order valence-electron chi connectivity index (χ1n) is 10.8. The van der Waals surface area contributed by atoms with Gasteiger partial charge in [0.15, 0.2) is 5.60 Å². The Bertz CT molecular complexity index is 1410. The second-order valence-electron chi connectivity index (χ2n) is 8.36. The molecule has 1 atom stereocenters. The number of aromatic nitrogens is 4. The largest absolute Gasteiger partial charge is 0.374 e. The van der Waals surface area contributed by atoms with E-state index in [2.05, 4.69) is 28.2 Å². The summed E-state index contributed by atoms with van der Waals surface area (Å²) < 4.78 is 1.84. The standard InChI is InChI=1S/C27H25N5O/c1-31(2)26-23(19-7-5-4-6-8-19)16-20-15-22(9-10-24(20)30-26)27(33,21-11-13-28-14-12-21)25-17-29-18-32(25)3/h4-18,33H,1-3H3. The Hall–Kier alpha value is -4.03. The summed E-state index contributed by atoms with van der Waals surface area (Å²) in [6, 6.07) is 22.0. The average molecular weight is 436 g/mol. The van der Waals surface area contributed by atoms with Gasteiger partial charge in [-0.2, -0.15) is 0 Å². The number of benzene rings is 2. The lowest BCUT2D eigenvalue weighted by molar-refractivity contribution is 0.117. The van der Waals surface area contributed by atoms with Crippen LogP contribution in [0.4, 0.5) is 5.82 Å². The van der Waals surface area contributed by atoms with E-state index in [1.807, 2.05) is 79.1 Å². The molecule has 6 heteroatoms. The first-order chi connectivity index (χ1) is 16.0. The highest BCUT2D eigenvalue weighted by atomic mass is 16.3. The minimum absolute atomic E-state index is 0.675. The van der Waals surface area contributed by atoms with Gasteiger partial charge < -0.3 is 14.6 Å². The van der Waals surface area contributed by atoms with E-state index >= 15 is 0 Å². The van der Waals surface area contributed by atoms with Gasteiger partial charge in [0, 0.05) is 44.5 Å². The fraction of sp³-hybridized carbons (Fsp3) is 0.148. The van der Waals surface area contributed by atoms with Crippen LogP contribution in [0.15, 0.2) is 91.6 Å². The zero-order valence-corrected chi connectivity index (χ0v) is 18.8. The monoisotopic (exact) mass is 435 g/mol. The molecule has 0 saturated heterocycles. The smallest absolute Gasteiger partial charge is 0.157 e. The van der Waals surface area contributed by atoms with Crippen LogP contribution in [0, 0.1) is 0 Å². The molecule has 0 saturated carbocycles. The number of nitrogens with zero attached hydrogens (tertiary/aromatic N) is 5. The first kappa shape index (κ1) is 20.8. The summed E-state index contributed by atoms with van der Waals surface area (Å²) in [5.41, 5.74) is 3.74. The number of imidazole rings is 1. The molecule has 1 N–H and O–H groups in total. The zero-order valence-electron chi connectivity index (χ0n) is 18.8. The van der Waals surface area contributed by atoms with Crippen LogP contribution in [0.25, 0.3) is 22.0 Å². The number of pyridine rings is 2. The van der Waals surface area contributed by atoms with E-state index in [9.17, 15) is 5.11 Å². The lowest BCUT2D eigenvalue weighted by Gasteiger charge is -2.30. The van der Waals surface area contributed by atoms with Gasteiger partial charge in [-0.15, -0.1) is 0 Å². The van der Waals surface area contributed by atoms with Crippen molar-refractivity contribution in [2.75, 3.05) is 19.0 Å². The summed E-state index contributed by atoms with van der Waals surface area (Å²) in [7, 11) is 5.88. The van der Waals surface area contributed by atoms with Crippen molar-refractivity contribution in [3.63, 3.8) is 0 Å². The molecule has 5 rings (SSSR count). The summed E-state index contributed by atoms with van der Waals surface area (Å²) in [4.78, 5) is 15.4. The van der Waals surface area contributed by atoms with Crippen LogP contribution in [0.5, 0.6) is 0 Å². The normalized spacial score (nSPS) is 13.1. The Morgan fingerprint density at radius 3 is 2.30 bits per heavy atom. The number of hydrogen-bond acceptors (Lipinski definition) is 5. The van der Waals surface area contributed by atoms with Crippen LogP contribution in [0.1, 0.15) is 16.8 Å². The molecule has 3 heterocycles. The number of aliphatic hydroxyl groups is 1. The van der Waals surface area contributed by atoms with Gasteiger partial charge in [0.2, 0.25) is 0 Å². The Balaban J connectivity index is 1.76. The fourth-order valence-corrected chi connectivity index (χ4v) is 4.32. The number of fused-ring (bicyclic) bond motifs is 1. The molecule has 0 bridgehead atoms. The molecule has 0 aliphatic heterocycles. The van der Waals surface area contributed by atoms with Gasteiger partial charge in [-0.3, -0.25) is 4.98 Å². The van der Waals surface area contributed by atoms with Gasteiger partial charge in [0.05, 0.1) is 23.7 Å². The molecule has 0 amide bonds. The first-order valence-corrected chi connectivity index (χ1v) is 10.8. The van der Waals surface area contributed by atoms with Crippen LogP contribution in [-0.2, 0) is 12.6 Å². The maximum atomic E-state index is 12.2. The van der Waals surface area contributed by atoms with Crippen molar-refractivity contribution in [3.8, 4) is 11.1 Å². The number of hydrogen-bond donors (Lipinski definition) is 1. The third-order valence-electron chi connectivity index (χ3n) is 6.01. The topological polar surface area (TPSA) is 67.1 Å². The van der Waals surface area contributed by atoms with Gasteiger partial charge in [-0.1, -0.05) is 36.4 Å². The van der Waals surface area contributed by atoms with E-state index in [1.165, 1.54) is 0 Å². The molecule has 0 radical (unpaired) electrons. The molecule has 33 heavy (non-hydrogen) atoms.